The summed E-state index contributed by atoms with van der Waals surface area (Å²) >= 11 is 0. The average molecular weight is 530 g/mol. The third-order valence-electron chi connectivity index (χ3n) is 5.58. The minimum absolute atomic E-state index is 0. The van der Waals surface area contributed by atoms with Gasteiger partial charge in [-0.25, -0.2) is 4.98 Å². The van der Waals surface area contributed by atoms with E-state index in [4.69, 9.17) is 4.98 Å². The van der Waals surface area contributed by atoms with Crippen LogP contribution < -0.4 is 10.6 Å². The van der Waals surface area contributed by atoms with Crippen molar-refractivity contribution in [3.63, 3.8) is 0 Å². The number of halogens is 1. The van der Waals surface area contributed by atoms with Crippen molar-refractivity contribution < 1.29 is 0 Å². The van der Waals surface area contributed by atoms with Crippen molar-refractivity contribution in [1.29, 1.82) is 0 Å². The zero-order chi connectivity index (χ0) is 20.9. The first-order valence-electron chi connectivity index (χ1n) is 10.6. The van der Waals surface area contributed by atoms with Crippen LogP contribution in [-0.4, -0.2) is 40.5 Å². The Hall–Kier alpha value is -2.55. The highest BCUT2D eigenvalue weighted by atomic mass is 127. The number of H-pyrrole nitrogens is 1. The largest absolute Gasteiger partial charge is 0.361 e. The van der Waals surface area contributed by atoms with Crippen LogP contribution in [0.5, 0.6) is 0 Å². The van der Waals surface area contributed by atoms with Gasteiger partial charge in [0.05, 0.1) is 5.69 Å². The number of aryl methyl sites for hydroxylation is 2. The maximum Gasteiger partial charge on any atom is 0.190 e. The molecule has 0 amide bonds. The highest BCUT2D eigenvalue weighted by molar-refractivity contribution is 14.0. The molecule has 0 saturated heterocycles. The molecule has 1 aromatic carbocycles. The van der Waals surface area contributed by atoms with Crippen molar-refractivity contribution in [2.45, 2.75) is 33.1 Å². The van der Waals surface area contributed by atoms with Crippen molar-refractivity contribution in [3.05, 3.63) is 71.3 Å². The molecule has 3 aromatic heterocycles. The number of fused-ring (bicyclic) bond motifs is 2. The molecule has 0 bridgehead atoms. The van der Waals surface area contributed by atoms with Gasteiger partial charge < -0.3 is 20.0 Å². The van der Waals surface area contributed by atoms with E-state index in [1.165, 1.54) is 27.6 Å². The van der Waals surface area contributed by atoms with Crippen molar-refractivity contribution in [2.75, 3.05) is 20.1 Å². The third-order valence-corrected chi connectivity index (χ3v) is 5.58. The minimum atomic E-state index is 0. The number of imidazole rings is 1. The first kappa shape index (κ1) is 23.1. The van der Waals surface area contributed by atoms with Gasteiger partial charge in [0.1, 0.15) is 5.65 Å². The Morgan fingerprint density at radius 1 is 1.10 bits per heavy atom. The molecule has 0 unspecified atom stereocenters. The monoisotopic (exact) mass is 530 g/mol. The zero-order valence-corrected chi connectivity index (χ0v) is 20.7. The topological polar surface area (TPSA) is 69.5 Å². The van der Waals surface area contributed by atoms with E-state index in [0.29, 0.717) is 0 Å². The number of guanidine groups is 1. The Morgan fingerprint density at radius 2 is 1.90 bits per heavy atom. The summed E-state index contributed by atoms with van der Waals surface area (Å²) < 4.78 is 2.09. The first-order chi connectivity index (χ1) is 14.7. The maximum atomic E-state index is 4.73. The molecule has 0 fully saturated rings. The summed E-state index contributed by atoms with van der Waals surface area (Å²) in [5.41, 5.74) is 7.27. The van der Waals surface area contributed by atoms with Crippen LogP contribution in [0.2, 0.25) is 0 Å². The Labute approximate surface area is 200 Å². The Morgan fingerprint density at radius 3 is 2.65 bits per heavy atom. The number of pyridine rings is 1. The van der Waals surface area contributed by atoms with Crippen LogP contribution in [0.1, 0.15) is 29.3 Å². The molecule has 0 saturated carbocycles. The normalized spacial score (nSPS) is 11.6. The molecule has 164 valence electrons. The second kappa shape index (κ2) is 10.7. The SMILES string of the molecule is CCc1cccc2c(CCNC(=NC)NCCc3cn4cccc(C)c4n3)c[nH]c12.I. The predicted octanol–water partition coefficient (Wildman–Crippen LogP) is 4.25. The van der Waals surface area contributed by atoms with E-state index in [9.17, 15) is 0 Å². The van der Waals surface area contributed by atoms with Crippen LogP contribution in [-0.2, 0) is 19.3 Å². The molecule has 3 heterocycles. The van der Waals surface area contributed by atoms with Crippen molar-refractivity contribution in [3.8, 4) is 0 Å². The number of aromatic amines is 1. The lowest BCUT2D eigenvalue weighted by Crippen LogP contribution is -2.39. The van der Waals surface area contributed by atoms with Gasteiger partial charge in [-0.3, -0.25) is 4.99 Å². The molecule has 0 aliphatic carbocycles. The molecule has 0 radical (unpaired) electrons. The van der Waals surface area contributed by atoms with Crippen molar-refractivity contribution in [1.82, 2.24) is 25.0 Å². The van der Waals surface area contributed by atoms with E-state index in [1.54, 1.807) is 0 Å². The highest BCUT2D eigenvalue weighted by Crippen LogP contribution is 2.22. The molecule has 7 heteroatoms. The van der Waals surface area contributed by atoms with Crippen LogP contribution in [0.4, 0.5) is 0 Å². The first-order valence-corrected chi connectivity index (χ1v) is 10.6. The third kappa shape index (κ3) is 5.20. The summed E-state index contributed by atoms with van der Waals surface area (Å²) in [4.78, 5) is 12.5. The number of hydrogen-bond acceptors (Lipinski definition) is 2. The molecular weight excluding hydrogens is 499 g/mol. The molecule has 31 heavy (non-hydrogen) atoms. The fourth-order valence-corrected chi connectivity index (χ4v) is 3.95. The Balaban J connectivity index is 0.00000272. The number of hydrogen-bond donors (Lipinski definition) is 3. The summed E-state index contributed by atoms with van der Waals surface area (Å²) in [6.45, 7) is 5.90. The Bertz CT molecular complexity index is 1170. The van der Waals surface area contributed by atoms with Gasteiger partial charge in [-0.1, -0.05) is 31.2 Å². The van der Waals surface area contributed by atoms with Gasteiger partial charge in [-0.2, -0.15) is 0 Å². The zero-order valence-electron chi connectivity index (χ0n) is 18.4. The fourth-order valence-electron chi connectivity index (χ4n) is 3.95. The van der Waals surface area contributed by atoms with E-state index in [2.05, 4.69) is 81.6 Å². The number of para-hydroxylation sites is 1. The van der Waals surface area contributed by atoms with Gasteiger partial charge in [0.2, 0.25) is 0 Å². The van der Waals surface area contributed by atoms with Gasteiger partial charge >= 0.3 is 0 Å². The standard InChI is InChI=1S/C24H30N6.HI/c1-4-18-8-5-9-21-19(15-28-22(18)21)10-12-26-24(25-3)27-13-11-20-16-30-14-6-7-17(2)23(30)29-20;/h5-9,14-16,28H,4,10-13H2,1-3H3,(H2,25,26,27);1H. The van der Waals surface area contributed by atoms with E-state index in [-0.39, 0.29) is 24.0 Å². The predicted molar refractivity (Wildman–Crippen MR) is 140 cm³/mol. The van der Waals surface area contributed by atoms with Crippen molar-refractivity contribution >= 4 is 46.5 Å². The van der Waals surface area contributed by atoms with Gasteiger partial charge in [0.15, 0.2) is 5.96 Å². The highest BCUT2D eigenvalue weighted by Gasteiger charge is 2.07. The molecule has 6 nitrogen and oxygen atoms in total. The van der Waals surface area contributed by atoms with Crippen LogP contribution in [0.15, 0.2) is 53.9 Å². The summed E-state index contributed by atoms with van der Waals surface area (Å²) in [5.74, 6) is 0.823. The number of aliphatic imine (C=N–C) groups is 1. The number of benzene rings is 1. The van der Waals surface area contributed by atoms with E-state index >= 15 is 0 Å². The lowest BCUT2D eigenvalue weighted by molar-refractivity contribution is 0.779. The van der Waals surface area contributed by atoms with Gasteiger partial charge in [-0.15, -0.1) is 24.0 Å². The summed E-state index contributed by atoms with van der Waals surface area (Å²) in [6, 6.07) is 10.7. The fraction of sp³-hybridized carbons (Fsp3) is 0.333. The smallest absolute Gasteiger partial charge is 0.190 e. The molecular formula is C24H31IN6. The molecule has 0 aliphatic rings. The molecule has 0 spiro atoms. The number of nitrogens with one attached hydrogen (secondary N) is 3. The summed E-state index contributed by atoms with van der Waals surface area (Å²) in [5, 5.41) is 8.14. The van der Waals surface area contributed by atoms with Crippen LogP contribution in [0, 0.1) is 6.92 Å². The molecule has 3 N–H and O–H groups in total. The molecule has 0 aliphatic heterocycles. The maximum absolute atomic E-state index is 4.73. The van der Waals surface area contributed by atoms with Gasteiger partial charge in [0.25, 0.3) is 0 Å². The summed E-state index contributed by atoms with van der Waals surface area (Å²) in [7, 11) is 1.81. The van der Waals surface area contributed by atoms with E-state index < -0.39 is 0 Å². The van der Waals surface area contributed by atoms with Gasteiger partial charge in [-0.05, 0) is 42.5 Å². The second-order valence-corrected chi connectivity index (χ2v) is 7.59. The quantitative estimate of drug-likeness (QED) is 0.190. The number of aromatic nitrogens is 3. The molecule has 0 atom stereocenters. The average Bonchev–Trinajstić information content (AvgIpc) is 3.37. The second-order valence-electron chi connectivity index (χ2n) is 7.59. The lowest BCUT2D eigenvalue weighted by Gasteiger charge is -2.11. The molecule has 4 rings (SSSR count). The molecule has 4 aromatic rings. The van der Waals surface area contributed by atoms with Crippen LogP contribution >= 0.6 is 24.0 Å². The number of nitrogens with zero attached hydrogens (tertiary/aromatic N) is 3. The van der Waals surface area contributed by atoms with Crippen LogP contribution in [0.3, 0.4) is 0 Å². The van der Waals surface area contributed by atoms with E-state index in [1.807, 2.05) is 13.2 Å². The van der Waals surface area contributed by atoms with Crippen molar-refractivity contribution in [2.24, 2.45) is 4.99 Å². The number of rotatable bonds is 7. The summed E-state index contributed by atoms with van der Waals surface area (Å²) in [6.07, 6.45) is 9.11. The minimum Gasteiger partial charge on any atom is -0.361 e. The van der Waals surface area contributed by atoms with Crippen LogP contribution in [0.25, 0.3) is 16.6 Å². The lowest BCUT2D eigenvalue weighted by atomic mass is 10.1. The van der Waals surface area contributed by atoms with Gasteiger partial charge in [0, 0.05) is 56.1 Å². The van der Waals surface area contributed by atoms with E-state index in [0.717, 1.165) is 49.7 Å². The Kier molecular flexibility index (Phi) is 7.95.